The van der Waals surface area contributed by atoms with E-state index in [1.807, 2.05) is 18.2 Å². The molecule has 10 heteroatoms. The van der Waals surface area contributed by atoms with Crippen LogP contribution < -0.4 is 20.1 Å². The Morgan fingerprint density at radius 2 is 1.95 bits per heavy atom. The van der Waals surface area contributed by atoms with E-state index in [0.29, 0.717) is 34.3 Å². The maximum atomic E-state index is 13.7. The predicted octanol–water partition coefficient (Wildman–Crippen LogP) is 5.12. The monoisotopic (exact) mass is 546 g/mol. The number of likely N-dealkylation sites (N-methyl/N-ethyl adjacent to an activating group) is 1. The van der Waals surface area contributed by atoms with E-state index in [1.54, 1.807) is 31.5 Å². The number of pyridine rings is 1. The zero-order valence-electron chi connectivity index (χ0n) is 22.3. The normalized spacial score (nSPS) is 13.8. The van der Waals surface area contributed by atoms with Crippen molar-refractivity contribution in [2.75, 3.05) is 11.4 Å². The first-order valence-corrected chi connectivity index (χ1v) is 13.5. The van der Waals surface area contributed by atoms with E-state index in [9.17, 15) is 19.2 Å². The van der Waals surface area contributed by atoms with Crippen LogP contribution in [0.3, 0.4) is 0 Å². The van der Waals surface area contributed by atoms with Gasteiger partial charge in [-0.15, -0.1) is 0 Å². The maximum Gasteiger partial charge on any atom is 0.275 e. The molecule has 4 aromatic rings. The molecule has 0 saturated heterocycles. The number of halogens is 1. The van der Waals surface area contributed by atoms with Crippen molar-refractivity contribution in [2.45, 2.75) is 58.1 Å². The molecular weight excluding hydrogens is 515 g/mol. The lowest BCUT2D eigenvalue weighted by molar-refractivity contribution is -0.119. The summed E-state index contributed by atoms with van der Waals surface area (Å²) in [7, 11) is 0. The Bertz CT molecular complexity index is 1550. The molecule has 9 nitrogen and oxygen atoms in total. The van der Waals surface area contributed by atoms with Gasteiger partial charge in [0.05, 0.1) is 22.6 Å². The summed E-state index contributed by atoms with van der Waals surface area (Å²) in [6.45, 7) is 1.67. The third kappa shape index (κ3) is 5.75. The largest absolute Gasteiger partial charge is 0.504 e. The summed E-state index contributed by atoms with van der Waals surface area (Å²) < 4.78 is 20.2. The van der Waals surface area contributed by atoms with E-state index in [0.717, 1.165) is 31.2 Å². The number of carbonyl (C=O) groups excluding carboxylic acids is 1. The van der Waals surface area contributed by atoms with Gasteiger partial charge in [0.1, 0.15) is 12.3 Å². The van der Waals surface area contributed by atoms with Crippen molar-refractivity contribution in [1.29, 1.82) is 0 Å². The number of benzene rings is 2. The van der Waals surface area contributed by atoms with Crippen LogP contribution in [0.2, 0.25) is 0 Å². The van der Waals surface area contributed by atoms with Gasteiger partial charge in [-0.05, 0) is 68.5 Å². The van der Waals surface area contributed by atoms with Gasteiger partial charge in [0.15, 0.2) is 5.75 Å². The molecule has 0 radical (unpaired) electrons. The molecule has 40 heavy (non-hydrogen) atoms. The van der Waals surface area contributed by atoms with Gasteiger partial charge in [0.2, 0.25) is 11.7 Å². The van der Waals surface area contributed by atoms with Gasteiger partial charge in [-0.3, -0.25) is 19.5 Å². The Hall–Kier alpha value is -4.47. The number of anilines is 1. The zero-order valence-corrected chi connectivity index (χ0v) is 22.3. The van der Waals surface area contributed by atoms with Gasteiger partial charge in [0.25, 0.3) is 5.56 Å². The van der Waals surface area contributed by atoms with Crippen LogP contribution in [0.25, 0.3) is 10.8 Å². The Balaban J connectivity index is 1.54. The molecule has 0 spiro atoms. The van der Waals surface area contributed by atoms with Gasteiger partial charge in [-0.1, -0.05) is 18.6 Å². The fraction of sp³-hybridized carbons (Fsp3) is 0.333. The van der Waals surface area contributed by atoms with E-state index < -0.39 is 17.2 Å². The second-order valence-corrected chi connectivity index (χ2v) is 9.87. The van der Waals surface area contributed by atoms with Crippen LogP contribution >= 0.6 is 0 Å². The van der Waals surface area contributed by atoms with Crippen LogP contribution in [0.5, 0.6) is 17.2 Å². The molecule has 0 aliphatic heterocycles. The third-order valence-corrected chi connectivity index (χ3v) is 7.20. The van der Waals surface area contributed by atoms with Gasteiger partial charge >= 0.3 is 0 Å². The number of amides is 1. The lowest BCUT2D eigenvalue weighted by Crippen LogP contribution is -2.38. The van der Waals surface area contributed by atoms with Crippen LogP contribution in [-0.4, -0.2) is 38.4 Å². The number of nitrogens with zero attached hydrogens (tertiary/aromatic N) is 4. The minimum absolute atomic E-state index is 0.0818. The van der Waals surface area contributed by atoms with Crippen molar-refractivity contribution in [3.8, 4) is 17.2 Å². The number of phenolic OH excluding ortho intramolecular Hbond substituents is 1. The summed E-state index contributed by atoms with van der Waals surface area (Å²) in [5.41, 5.74) is 1.43. The van der Waals surface area contributed by atoms with Crippen molar-refractivity contribution in [2.24, 2.45) is 0 Å². The molecule has 1 aliphatic carbocycles. The molecule has 1 amide bonds. The van der Waals surface area contributed by atoms with E-state index in [2.05, 4.69) is 15.0 Å². The number of rotatable bonds is 9. The van der Waals surface area contributed by atoms with Crippen molar-refractivity contribution in [3.05, 3.63) is 82.5 Å². The van der Waals surface area contributed by atoms with E-state index in [4.69, 9.17) is 4.74 Å². The molecule has 2 heterocycles. The maximum absolute atomic E-state index is 13.7. The van der Waals surface area contributed by atoms with Crippen LogP contribution in [-0.2, 0) is 17.8 Å². The average molecular weight is 547 g/mol. The molecule has 5 rings (SSSR count). The number of hydrogen-bond acceptors (Lipinski definition) is 7. The number of aromatic nitrogens is 3. The molecule has 0 unspecified atom stereocenters. The molecule has 1 saturated carbocycles. The Morgan fingerprint density at radius 3 is 2.65 bits per heavy atom. The highest BCUT2D eigenvalue weighted by Crippen LogP contribution is 2.32. The Kier molecular flexibility index (Phi) is 8.23. The van der Waals surface area contributed by atoms with Gasteiger partial charge < -0.3 is 14.7 Å². The predicted molar refractivity (Wildman–Crippen MR) is 148 cm³/mol. The Morgan fingerprint density at radius 1 is 1.12 bits per heavy atom. The van der Waals surface area contributed by atoms with Crippen LogP contribution in [0, 0.1) is 0 Å². The molecule has 2 aromatic heterocycles. The van der Waals surface area contributed by atoms with Crippen molar-refractivity contribution >= 4 is 22.4 Å². The number of fused-ring (bicyclic) bond motifs is 1. The van der Waals surface area contributed by atoms with Crippen molar-refractivity contribution in [1.82, 2.24) is 14.8 Å². The lowest BCUT2D eigenvalue weighted by Gasteiger charge is -2.24. The SMILES string of the molecule is CCN(C(=O)Cn1nc(Cc2cccnc2)c2c(OC3CCCCC3)cccc2c1=O)c1ccc(OF)c(O)c1. The summed E-state index contributed by atoms with van der Waals surface area (Å²) in [6.07, 6.45) is 9.26. The fourth-order valence-electron chi connectivity index (χ4n) is 5.23. The number of aromatic hydroxyl groups is 1. The first kappa shape index (κ1) is 27.1. The summed E-state index contributed by atoms with van der Waals surface area (Å²) in [4.78, 5) is 36.3. The zero-order chi connectivity index (χ0) is 28.1. The van der Waals surface area contributed by atoms with Crippen LogP contribution in [0.15, 0.2) is 65.7 Å². The summed E-state index contributed by atoms with van der Waals surface area (Å²) >= 11 is 0. The van der Waals surface area contributed by atoms with E-state index >= 15 is 0 Å². The van der Waals surface area contributed by atoms with E-state index in [1.165, 1.54) is 34.2 Å². The van der Waals surface area contributed by atoms with Crippen LogP contribution in [0.4, 0.5) is 10.2 Å². The minimum atomic E-state index is -0.448. The Labute approximate surface area is 230 Å². The minimum Gasteiger partial charge on any atom is -0.504 e. The molecular formula is C30H31FN4O5. The molecule has 1 N–H and O–H groups in total. The molecule has 0 bridgehead atoms. The van der Waals surface area contributed by atoms with Crippen LogP contribution in [0.1, 0.15) is 50.3 Å². The molecule has 0 atom stereocenters. The number of ether oxygens (including phenoxy) is 1. The highest BCUT2D eigenvalue weighted by atomic mass is 19.3. The topological polar surface area (TPSA) is 107 Å². The van der Waals surface area contributed by atoms with Gasteiger partial charge in [-0.25, -0.2) is 4.68 Å². The summed E-state index contributed by atoms with van der Waals surface area (Å²) in [5, 5.41) is 15.7. The fourth-order valence-corrected chi connectivity index (χ4v) is 5.23. The molecule has 2 aromatic carbocycles. The second-order valence-electron chi connectivity index (χ2n) is 9.87. The quantitative estimate of drug-likeness (QED) is 0.311. The highest BCUT2D eigenvalue weighted by molar-refractivity contribution is 5.94. The standard InChI is InChI=1S/C30H31FN4O5/c1-2-34(21-13-14-26(40-31)25(36)17-21)28(37)19-35-30(38)23-11-6-12-27(39-22-9-4-3-5-10-22)29(23)24(33-35)16-20-8-7-15-32-18-20/h6-8,11-15,17-18,22,36H,2-5,9-10,16,19H2,1H3. The van der Waals surface area contributed by atoms with Crippen molar-refractivity contribution < 1.29 is 24.1 Å². The first-order chi connectivity index (χ1) is 19.5. The first-order valence-electron chi connectivity index (χ1n) is 13.5. The molecule has 1 fully saturated rings. The summed E-state index contributed by atoms with van der Waals surface area (Å²) in [6, 6.07) is 13.1. The van der Waals surface area contributed by atoms with Gasteiger partial charge in [-0.2, -0.15) is 5.10 Å². The molecule has 208 valence electrons. The van der Waals surface area contributed by atoms with Crippen molar-refractivity contribution in [3.63, 3.8) is 0 Å². The summed E-state index contributed by atoms with van der Waals surface area (Å²) in [5.74, 6) is -0.610. The van der Waals surface area contributed by atoms with Gasteiger partial charge in [0, 0.05) is 41.6 Å². The lowest BCUT2D eigenvalue weighted by atomic mass is 9.97. The number of carbonyl (C=O) groups is 1. The third-order valence-electron chi connectivity index (χ3n) is 7.20. The number of phenols is 1. The van der Waals surface area contributed by atoms with E-state index in [-0.39, 0.29) is 24.9 Å². The smallest absolute Gasteiger partial charge is 0.275 e. The molecule has 1 aliphatic rings. The second kappa shape index (κ2) is 12.1. The highest BCUT2D eigenvalue weighted by Gasteiger charge is 2.23. The average Bonchev–Trinajstić information content (AvgIpc) is 2.97. The number of hydrogen-bond donors (Lipinski definition) is 1.